The van der Waals surface area contributed by atoms with Crippen molar-refractivity contribution in [2.24, 2.45) is 5.73 Å². The largest absolute Gasteiger partial charge is 0.383 e. The molecule has 4 heteroatoms. The van der Waals surface area contributed by atoms with Gasteiger partial charge in [0.05, 0.1) is 12.6 Å². The molecule has 1 aromatic heterocycles. The van der Waals surface area contributed by atoms with Crippen LogP contribution in [0.25, 0.3) is 0 Å². The first kappa shape index (κ1) is 9.22. The predicted octanol–water partition coefficient (Wildman–Crippen LogP) is 0.549. The molecule has 0 bridgehead atoms. The van der Waals surface area contributed by atoms with Crippen LogP contribution in [-0.2, 0) is 11.3 Å². The van der Waals surface area contributed by atoms with Crippen LogP contribution in [0.15, 0.2) is 12.4 Å². The third-order valence-corrected chi connectivity index (χ3v) is 1.77. The Hall–Kier alpha value is -0.870. The van der Waals surface area contributed by atoms with Crippen LogP contribution >= 0.6 is 0 Å². The summed E-state index contributed by atoms with van der Waals surface area (Å²) in [6.45, 7) is 3.47. The van der Waals surface area contributed by atoms with Crippen molar-refractivity contribution in [1.29, 1.82) is 0 Å². The zero-order valence-corrected chi connectivity index (χ0v) is 7.53. The lowest BCUT2D eigenvalue weighted by Gasteiger charge is -2.11. The fraction of sp³-hybridized carbons (Fsp3) is 0.625. The summed E-state index contributed by atoms with van der Waals surface area (Å²) >= 11 is 0. The molecule has 0 fully saturated rings. The van der Waals surface area contributed by atoms with E-state index in [0.29, 0.717) is 6.61 Å². The lowest BCUT2D eigenvalue weighted by molar-refractivity contribution is 0.177. The molecule has 1 heterocycles. The SMILES string of the molecule is CCn1ccnc1C(N)COC. The average Bonchev–Trinajstić information content (AvgIpc) is 2.51. The smallest absolute Gasteiger partial charge is 0.127 e. The lowest BCUT2D eigenvalue weighted by atomic mass is 10.3. The second kappa shape index (κ2) is 4.23. The molecule has 12 heavy (non-hydrogen) atoms. The molecule has 0 saturated carbocycles. The van der Waals surface area contributed by atoms with Crippen molar-refractivity contribution in [2.45, 2.75) is 19.5 Å². The van der Waals surface area contributed by atoms with Crippen LogP contribution in [-0.4, -0.2) is 23.3 Å². The summed E-state index contributed by atoms with van der Waals surface area (Å²) in [5.74, 6) is 0.888. The summed E-state index contributed by atoms with van der Waals surface area (Å²) in [6, 6.07) is -0.120. The number of methoxy groups -OCH3 is 1. The zero-order chi connectivity index (χ0) is 8.97. The second-order valence-corrected chi connectivity index (χ2v) is 2.63. The summed E-state index contributed by atoms with van der Waals surface area (Å²) in [7, 11) is 1.64. The first-order chi connectivity index (χ1) is 5.79. The van der Waals surface area contributed by atoms with Gasteiger partial charge in [0.1, 0.15) is 5.82 Å². The molecule has 4 nitrogen and oxygen atoms in total. The van der Waals surface area contributed by atoms with Gasteiger partial charge in [0.2, 0.25) is 0 Å². The van der Waals surface area contributed by atoms with Crippen LogP contribution in [0.3, 0.4) is 0 Å². The molecule has 2 N–H and O–H groups in total. The van der Waals surface area contributed by atoms with Crippen molar-refractivity contribution in [2.75, 3.05) is 13.7 Å². The van der Waals surface area contributed by atoms with E-state index in [9.17, 15) is 0 Å². The number of ether oxygens (including phenoxy) is 1. The molecule has 1 atom stereocenters. The molecular weight excluding hydrogens is 154 g/mol. The van der Waals surface area contributed by atoms with Crippen molar-refractivity contribution in [3.05, 3.63) is 18.2 Å². The topological polar surface area (TPSA) is 53.1 Å². The van der Waals surface area contributed by atoms with Crippen LogP contribution in [0.2, 0.25) is 0 Å². The summed E-state index contributed by atoms with van der Waals surface area (Å²) in [6.07, 6.45) is 3.68. The fourth-order valence-electron chi connectivity index (χ4n) is 1.17. The number of rotatable bonds is 4. The predicted molar refractivity (Wildman–Crippen MR) is 46.7 cm³/mol. The summed E-state index contributed by atoms with van der Waals surface area (Å²) < 4.78 is 6.97. The maximum atomic E-state index is 5.82. The van der Waals surface area contributed by atoms with E-state index in [1.54, 1.807) is 13.3 Å². The van der Waals surface area contributed by atoms with Gasteiger partial charge in [-0.25, -0.2) is 4.98 Å². The molecule has 0 aromatic carbocycles. The number of hydrogen-bond donors (Lipinski definition) is 1. The van der Waals surface area contributed by atoms with E-state index in [2.05, 4.69) is 11.9 Å². The second-order valence-electron chi connectivity index (χ2n) is 2.63. The molecule has 0 saturated heterocycles. The van der Waals surface area contributed by atoms with Gasteiger partial charge in [-0.15, -0.1) is 0 Å². The molecule has 1 rings (SSSR count). The first-order valence-electron chi connectivity index (χ1n) is 4.05. The fourth-order valence-corrected chi connectivity index (χ4v) is 1.17. The van der Waals surface area contributed by atoms with Crippen molar-refractivity contribution in [3.8, 4) is 0 Å². The molecular formula is C8H15N3O. The number of nitrogens with zero attached hydrogens (tertiary/aromatic N) is 2. The normalized spacial score (nSPS) is 13.2. The summed E-state index contributed by atoms with van der Waals surface area (Å²) in [4.78, 5) is 4.16. The van der Waals surface area contributed by atoms with Gasteiger partial charge in [-0.05, 0) is 6.92 Å². The van der Waals surface area contributed by atoms with Crippen LogP contribution in [0.4, 0.5) is 0 Å². The Bertz CT molecular complexity index is 234. The van der Waals surface area contributed by atoms with E-state index in [0.717, 1.165) is 12.4 Å². The minimum atomic E-state index is -0.120. The van der Waals surface area contributed by atoms with Gasteiger partial charge in [-0.3, -0.25) is 0 Å². The molecule has 68 valence electrons. The number of aromatic nitrogens is 2. The molecule has 0 aliphatic heterocycles. The Morgan fingerprint density at radius 1 is 1.75 bits per heavy atom. The van der Waals surface area contributed by atoms with Gasteiger partial charge >= 0.3 is 0 Å². The van der Waals surface area contributed by atoms with Gasteiger partial charge in [0.15, 0.2) is 0 Å². The highest BCUT2D eigenvalue weighted by Gasteiger charge is 2.10. The van der Waals surface area contributed by atoms with Gasteiger partial charge in [-0.2, -0.15) is 0 Å². The standard InChI is InChI=1S/C8H15N3O/c1-3-11-5-4-10-8(11)7(9)6-12-2/h4-5,7H,3,6,9H2,1-2H3. The maximum absolute atomic E-state index is 5.82. The summed E-state index contributed by atoms with van der Waals surface area (Å²) in [5.41, 5.74) is 5.82. The summed E-state index contributed by atoms with van der Waals surface area (Å²) in [5, 5.41) is 0. The monoisotopic (exact) mass is 169 g/mol. The number of imidazole rings is 1. The Labute approximate surface area is 72.3 Å². The van der Waals surface area contributed by atoms with E-state index >= 15 is 0 Å². The minimum absolute atomic E-state index is 0.120. The van der Waals surface area contributed by atoms with Gasteiger partial charge in [0, 0.05) is 26.0 Å². The molecule has 1 unspecified atom stereocenters. The van der Waals surface area contributed by atoms with Gasteiger partial charge < -0.3 is 15.0 Å². The molecule has 0 aliphatic carbocycles. The zero-order valence-electron chi connectivity index (χ0n) is 7.53. The highest BCUT2D eigenvalue weighted by atomic mass is 16.5. The number of nitrogens with two attached hydrogens (primary N) is 1. The van der Waals surface area contributed by atoms with Crippen LogP contribution in [0.5, 0.6) is 0 Å². The molecule has 0 aliphatic rings. The molecule has 0 spiro atoms. The number of hydrogen-bond acceptors (Lipinski definition) is 3. The van der Waals surface area contributed by atoms with Crippen molar-refractivity contribution < 1.29 is 4.74 Å². The van der Waals surface area contributed by atoms with Gasteiger partial charge in [0.25, 0.3) is 0 Å². The van der Waals surface area contributed by atoms with Crippen LogP contribution in [0, 0.1) is 0 Å². The highest BCUT2D eigenvalue weighted by Crippen LogP contribution is 2.07. The van der Waals surface area contributed by atoms with E-state index in [4.69, 9.17) is 10.5 Å². The Balaban J connectivity index is 2.71. The molecule has 0 radical (unpaired) electrons. The van der Waals surface area contributed by atoms with E-state index in [-0.39, 0.29) is 6.04 Å². The van der Waals surface area contributed by atoms with Gasteiger partial charge in [-0.1, -0.05) is 0 Å². The quantitative estimate of drug-likeness (QED) is 0.716. The molecule has 0 amide bonds. The third kappa shape index (κ3) is 1.84. The van der Waals surface area contributed by atoms with E-state index in [1.165, 1.54) is 0 Å². The molecule has 1 aromatic rings. The Morgan fingerprint density at radius 2 is 2.50 bits per heavy atom. The van der Waals surface area contributed by atoms with Crippen LogP contribution < -0.4 is 5.73 Å². The first-order valence-corrected chi connectivity index (χ1v) is 4.05. The highest BCUT2D eigenvalue weighted by molar-refractivity contribution is 4.98. The third-order valence-electron chi connectivity index (χ3n) is 1.77. The average molecular weight is 169 g/mol. The van der Waals surface area contributed by atoms with E-state index < -0.39 is 0 Å². The lowest BCUT2D eigenvalue weighted by Crippen LogP contribution is -2.20. The van der Waals surface area contributed by atoms with Crippen LogP contribution in [0.1, 0.15) is 18.8 Å². The minimum Gasteiger partial charge on any atom is -0.383 e. The van der Waals surface area contributed by atoms with Crippen molar-refractivity contribution in [1.82, 2.24) is 9.55 Å². The Kier molecular flexibility index (Phi) is 3.25. The van der Waals surface area contributed by atoms with Crippen molar-refractivity contribution >= 4 is 0 Å². The van der Waals surface area contributed by atoms with E-state index in [1.807, 2.05) is 10.8 Å². The van der Waals surface area contributed by atoms with Crippen molar-refractivity contribution in [3.63, 3.8) is 0 Å². The Morgan fingerprint density at radius 3 is 3.08 bits per heavy atom. The number of aryl methyl sites for hydroxylation is 1. The maximum Gasteiger partial charge on any atom is 0.127 e.